The van der Waals surface area contributed by atoms with Crippen molar-refractivity contribution in [2.24, 2.45) is 22.7 Å². The third-order valence-electron chi connectivity index (χ3n) is 9.96. The Labute approximate surface area is 251 Å². The number of carbonyl (C=O) groups excluding carboxylic acids is 5. The lowest BCUT2D eigenvalue weighted by atomic mass is 9.41. The van der Waals surface area contributed by atoms with Gasteiger partial charge in [0.15, 0.2) is 0 Å². The normalized spacial score (nSPS) is 36.9. The highest BCUT2D eigenvalue weighted by atomic mass is 16.6. The molecule has 1 spiro atoms. The number of hydrogen-bond donors (Lipinski definition) is 1. The highest BCUT2D eigenvalue weighted by Crippen LogP contribution is 2.70. The summed E-state index contributed by atoms with van der Waals surface area (Å²) in [5, 5.41) is 9.99. The molecule has 4 rings (SSSR count). The van der Waals surface area contributed by atoms with Crippen LogP contribution in [0.4, 0.5) is 0 Å². The first-order chi connectivity index (χ1) is 20.1. The predicted molar refractivity (Wildman–Crippen MR) is 148 cm³/mol. The Morgan fingerprint density at radius 2 is 1.67 bits per heavy atom. The molecule has 3 fully saturated rings. The molecule has 0 aromatic heterocycles. The lowest BCUT2D eigenvalue weighted by Gasteiger charge is -2.65. The second kappa shape index (κ2) is 12.0. The summed E-state index contributed by atoms with van der Waals surface area (Å²) < 4.78 is 34.9. The summed E-state index contributed by atoms with van der Waals surface area (Å²) in [6.45, 7) is 12.9. The Hall–Kier alpha value is -3.25. The summed E-state index contributed by atoms with van der Waals surface area (Å²) in [5.41, 5.74) is -2.59. The van der Waals surface area contributed by atoms with Gasteiger partial charge in [-0.15, -0.1) is 0 Å². The Bertz CT molecular complexity index is 1220. The van der Waals surface area contributed by atoms with Gasteiger partial charge in [0.1, 0.15) is 37.1 Å². The fourth-order valence-electron chi connectivity index (χ4n) is 7.73. The van der Waals surface area contributed by atoms with Gasteiger partial charge in [0.05, 0.1) is 23.7 Å². The van der Waals surface area contributed by atoms with Gasteiger partial charge in [-0.25, -0.2) is 9.59 Å². The highest BCUT2D eigenvalue weighted by Gasteiger charge is 2.81. The van der Waals surface area contributed by atoms with E-state index in [0.717, 1.165) is 5.57 Å². The number of aliphatic hydroxyl groups is 1. The van der Waals surface area contributed by atoms with Crippen LogP contribution in [0.3, 0.4) is 0 Å². The number of ether oxygens (including phenoxy) is 6. The molecule has 1 N–H and O–H groups in total. The molecule has 9 unspecified atom stereocenters. The van der Waals surface area contributed by atoms with Gasteiger partial charge in [-0.1, -0.05) is 20.4 Å². The summed E-state index contributed by atoms with van der Waals surface area (Å²) in [5.74, 6) is -3.71. The second-order valence-electron chi connectivity index (χ2n) is 12.6. The van der Waals surface area contributed by atoms with Crippen LogP contribution in [0.15, 0.2) is 23.8 Å². The molecule has 4 aliphatic rings. The smallest absolute Gasteiger partial charge is 0.336 e. The number of esters is 5. The maximum Gasteiger partial charge on any atom is 0.336 e. The zero-order chi connectivity index (χ0) is 31.9. The topological polar surface area (TPSA) is 164 Å². The van der Waals surface area contributed by atoms with E-state index in [1.165, 1.54) is 33.8 Å². The quantitative estimate of drug-likeness (QED) is 0.167. The predicted octanol–water partition coefficient (Wildman–Crippen LogP) is 2.35. The largest absolute Gasteiger partial charge is 0.462 e. The van der Waals surface area contributed by atoms with Gasteiger partial charge in [-0.05, 0) is 43.1 Å². The van der Waals surface area contributed by atoms with Crippen LogP contribution in [-0.4, -0.2) is 84.8 Å². The highest BCUT2D eigenvalue weighted by molar-refractivity contribution is 5.88. The van der Waals surface area contributed by atoms with Crippen LogP contribution in [0.1, 0.15) is 67.2 Å². The molecular formula is C31H42O12. The van der Waals surface area contributed by atoms with E-state index >= 15 is 0 Å². The molecule has 238 valence electrons. The van der Waals surface area contributed by atoms with Crippen molar-refractivity contribution in [3.63, 3.8) is 0 Å². The van der Waals surface area contributed by atoms with Gasteiger partial charge < -0.3 is 33.5 Å². The van der Waals surface area contributed by atoms with E-state index in [-0.39, 0.29) is 37.7 Å². The van der Waals surface area contributed by atoms with Gasteiger partial charge >= 0.3 is 29.8 Å². The number of carbonyl (C=O) groups is 5. The molecule has 2 saturated carbocycles. The van der Waals surface area contributed by atoms with E-state index in [2.05, 4.69) is 13.5 Å². The lowest BCUT2D eigenvalue weighted by Crippen LogP contribution is -2.74. The van der Waals surface area contributed by atoms with Crippen LogP contribution in [0.2, 0.25) is 0 Å². The molecule has 0 aromatic carbocycles. The Kier molecular flexibility index (Phi) is 9.14. The van der Waals surface area contributed by atoms with E-state index in [1.54, 1.807) is 0 Å². The minimum atomic E-state index is -1.34. The molecule has 43 heavy (non-hydrogen) atoms. The van der Waals surface area contributed by atoms with Crippen LogP contribution in [-0.2, 0) is 52.4 Å². The van der Waals surface area contributed by atoms with Crippen LogP contribution >= 0.6 is 0 Å². The first-order valence-corrected chi connectivity index (χ1v) is 14.6. The molecular weight excluding hydrogens is 564 g/mol. The number of hydrogen-bond acceptors (Lipinski definition) is 12. The van der Waals surface area contributed by atoms with Crippen molar-refractivity contribution in [1.29, 1.82) is 0 Å². The van der Waals surface area contributed by atoms with E-state index in [9.17, 15) is 29.1 Å². The summed E-state index contributed by atoms with van der Waals surface area (Å²) >= 11 is 0. The van der Waals surface area contributed by atoms with Crippen molar-refractivity contribution >= 4 is 29.8 Å². The SMILES string of the molecule is C=C(C(=O)OCC12C(OC(C)=O)CC(C)C(C)(CCC3=CC(=O)OC3)C1C(OC(C)=O)CC(OC(C)=O)C21CO1)C(C)O. The molecule has 2 aliphatic heterocycles. The van der Waals surface area contributed by atoms with Crippen molar-refractivity contribution in [3.8, 4) is 0 Å². The number of aliphatic hydroxyl groups excluding tert-OH is 1. The molecule has 2 aliphatic carbocycles. The van der Waals surface area contributed by atoms with E-state index < -0.39 is 76.6 Å². The molecule has 2 heterocycles. The first kappa shape index (κ1) is 32.7. The van der Waals surface area contributed by atoms with E-state index in [1.807, 2.05) is 6.92 Å². The molecule has 0 radical (unpaired) electrons. The molecule has 12 heteroatoms. The lowest BCUT2D eigenvalue weighted by molar-refractivity contribution is -0.275. The third kappa shape index (κ3) is 5.95. The minimum absolute atomic E-state index is 0.110. The van der Waals surface area contributed by atoms with E-state index in [0.29, 0.717) is 19.3 Å². The second-order valence-corrected chi connectivity index (χ2v) is 12.6. The van der Waals surface area contributed by atoms with Crippen LogP contribution < -0.4 is 0 Å². The van der Waals surface area contributed by atoms with Crippen LogP contribution in [0.25, 0.3) is 0 Å². The number of cyclic esters (lactones) is 1. The van der Waals surface area contributed by atoms with Gasteiger partial charge in [0.2, 0.25) is 0 Å². The average Bonchev–Trinajstić information content (AvgIpc) is 3.60. The van der Waals surface area contributed by atoms with Gasteiger partial charge in [0, 0.05) is 39.2 Å². The molecule has 9 atom stereocenters. The zero-order valence-corrected chi connectivity index (χ0v) is 25.6. The fraction of sp³-hybridized carbons (Fsp3) is 0.710. The molecule has 1 saturated heterocycles. The number of fused-ring (bicyclic) bond motifs is 2. The summed E-state index contributed by atoms with van der Waals surface area (Å²) in [7, 11) is 0. The van der Waals surface area contributed by atoms with Crippen molar-refractivity contribution in [2.45, 2.75) is 97.2 Å². The van der Waals surface area contributed by atoms with Crippen LogP contribution in [0, 0.1) is 22.7 Å². The van der Waals surface area contributed by atoms with Crippen molar-refractivity contribution in [2.75, 3.05) is 19.8 Å². The first-order valence-electron chi connectivity index (χ1n) is 14.6. The summed E-state index contributed by atoms with van der Waals surface area (Å²) in [6.07, 6.45) is -0.881. The summed E-state index contributed by atoms with van der Waals surface area (Å²) in [4.78, 5) is 62.3. The Morgan fingerprint density at radius 3 is 2.19 bits per heavy atom. The van der Waals surface area contributed by atoms with Crippen molar-refractivity contribution < 1.29 is 57.5 Å². The van der Waals surface area contributed by atoms with Crippen molar-refractivity contribution in [1.82, 2.24) is 0 Å². The third-order valence-corrected chi connectivity index (χ3v) is 9.96. The number of epoxide rings is 1. The fourth-order valence-corrected chi connectivity index (χ4v) is 7.73. The van der Waals surface area contributed by atoms with Gasteiger partial charge in [0.25, 0.3) is 0 Å². The monoisotopic (exact) mass is 606 g/mol. The Morgan fingerprint density at radius 1 is 1.07 bits per heavy atom. The average molecular weight is 607 g/mol. The maximum atomic E-state index is 13.1. The molecule has 0 amide bonds. The maximum absolute atomic E-state index is 13.1. The van der Waals surface area contributed by atoms with Crippen LogP contribution in [0.5, 0.6) is 0 Å². The molecule has 0 bridgehead atoms. The Balaban J connectivity index is 1.91. The standard InChI is InChI=1S/C31H42O12/c1-16-10-24(42-20(5)34)30(14-39-28(37)17(2)18(3)32)27(29(16,7)9-8-22-11-26(36)38-13-22)23(41-19(4)33)12-25(43-21(6)35)31(30)15-40-31/h11,16,18,23-25,27,32H,2,8-10,12-15H2,1,3-7H3. The van der Waals surface area contributed by atoms with Gasteiger partial charge in [-0.2, -0.15) is 0 Å². The van der Waals surface area contributed by atoms with Crippen molar-refractivity contribution in [3.05, 3.63) is 23.8 Å². The van der Waals surface area contributed by atoms with E-state index in [4.69, 9.17) is 28.4 Å². The minimum Gasteiger partial charge on any atom is -0.462 e. The summed E-state index contributed by atoms with van der Waals surface area (Å²) in [6, 6.07) is 0. The molecule has 12 nitrogen and oxygen atoms in total. The van der Waals surface area contributed by atoms with Gasteiger partial charge in [-0.3, -0.25) is 14.4 Å². The zero-order valence-electron chi connectivity index (χ0n) is 25.6. The number of rotatable bonds is 10. The molecule has 0 aromatic rings.